The normalized spacial score (nSPS) is 14.4. The number of nitro groups is 2. The first-order chi connectivity index (χ1) is 13.5. The first kappa shape index (κ1) is 19.0. The number of allylic oxidation sites excluding steroid dienone is 1. The Labute approximate surface area is 160 Å². The summed E-state index contributed by atoms with van der Waals surface area (Å²) in [5.74, 6) is 0. The number of anilines is 1. The Morgan fingerprint density at radius 3 is 2.39 bits per heavy atom. The molecule has 0 N–H and O–H groups in total. The van der Waals surface area contributed by atoms with Gasteiger partial charge in [-0.2, -0.15) is 5.26 Å². The highest BCUT2D eigenvalue weighted by atomic mass is 16.6. The highest BCUT2D eigenvalue weighted by Crippen LogP contribution is 2.30. The van der Waals surface area contributed by atoms with E-state index in [1.807, 2.05) is 11.0 Å². The fraction of sp³-hybridized carbons (Fsp3) is 0.211. The largest absolute Gasteiger partial charge is 0.378 e. The standard InChI is InChI=1S/C19H16N4O5/c20-13-16(14-2-1-3-17(11-14)22(24)25)10-15-12-18(23(26)27)4-5-19(15)21-6-8-28-9-7-21/h1-5,10-12H,6-9H2/b16-10+. The Balaban J connectivity index is 2.09. The Kier molecular flexibility index (Phi) is 5.62. The van der Waals surface area contributed by atoms with Crippen LogP contribution in [0.5, 0.6) is 0 Å². The number of morpholine rings is 1. The van der Waals surface area contributed by atoms with Crippen LogP contribution in [0.2, 0.25) is 0 Å². The van der Waals surface area contributed by atoms with E-state index in [9.17, 15) is 25.5 Å². The molecule has 1 aliphatic rings. The van der Waals surface area contributed by atoms with E-state index >= 15 is 0 Å². The third-order valence-corrected chi connectivity index (χ3v) is 4.36. The molecular weight excluding hydrogens is 364 g/mol. The summed E-state index contributed by atoms with van der Waals surface area (Å²) >= 11 is 0. The number of rotatable bonds is 5. The average Bonchev–Trinajstić information content (AvgIpc) is 2.72. The predicted molar refractivity (Wildman–Crippen MR) is 103 cm³/mol. The van der Waals surface area contributed by atoms with E-state index in [-0.39, 0.29) is 16.9 Å². The molecule has 0 aliphatic carbocycles. The Morgan fingerprint density at radius 2 is 1.75 bits per heavy atom. The van der Waals surface area contributed by atoms with Crippen LogP contribution in [-0.4, -0.2) is 36.1 Å². The summed E-state index contributed by atoms with van der Waals surface area (Å²) < 4.78 is 5.35. The summed E-state index contributed by atoms with van der Waals surface area (Å²) in [6, 6.07) is 12.2. The van der Waals surface area contributed by atoms with E-state index in [4.69, 9.17) is 4.74 Å². The summed E-state index contributed by atoms with van der Waals surface area (Å²) in [7, 11) is 0. The van der Waals surface area contributed by atoms with Crippen molar-refractivity contribution in [2.24, 2.45) is 0 Å². The molecule has 0 radical (unpaired) electrons. The molecule has 1 aliphatic heterocycles. The minimum atomic E-state index is -0.537. The van der Waals surface area contributed by atoms with Crippen LogP contribution in [0, 0.1) is 31.6 Å². The highest BCUT2D eigenvalue weighted by molar-refractivity contribution is 5.93. The molecular formula is C19H16N4O5. The van der Waals surface area contributed by atoms with Crippen molar-refractivity contribution in [3.63, 3.8) is 0 Å². The Morgan fingerprint density at radius 1 is 1.07 bits per heavy atom. The zero-order chi connectivity index (χ0) is 20.1. The maximum atomic E-state index is 11.2. The summed E-state index contributed by atoms with van der Waals surface area (Å²) in [5, 5.41) is 31.8. The van der Waals surface area contributed by atoms with E-state index in [2.05, 4.69) is 0 Å². The summed E-state index contributed by atoms with van der Waals surface area (Å²) in [4.78, 5) is 23.2. The van der Waals surface area contributed by atoms with Crippen molar-refractivity contribution in [1.82, 2.24) is 0 Å². The maximum absolute atomic E-state index is 11.2. The van der Waals surface area contributed by atoms with Gasteiger partial charge in [-0.15, -0.1) is 0 Å². The molecule has 0 spiro atoms. The molecule has 1 saturated heterocycles. The monoisotopic (exact) mass is 380 g/mol. The molecule has 9 nitrogen and oxygen atoms in total. The Hall–Kier alpha value is -3.77. The van der Waals surface area contributed by atoms with E-state index in [0.29, 0.717) is 37.4 Å². The molecule has 0 bridgehead atoms. The van der Waals surface area contributed by atoms with Gasteiger partial charge in [-0.1, -0.05) is 12.1 Å². The van der Waals surface area contributed by atoms with Crippen LogP contribution in [-0.2, 0) is 4.74 Å². The molecule has 1 fully saturated rings. The second-order valence-corrected chi connectivity index (χ2v) is 6.08. The van der Waals surface area contributed by atoms with Gasteiger partial charge in [-0.25, -0.2) is 0 Å². The maximum Gasteiger partial charge on any atom is 0.270 e. The van der Waals surface area contributed by atoms with Crippen LogP contribution in [0.3, 0.4) is 0 Å². The molecule has 0 amide bonds. The molecule has 142 valence electrons. The van der Waals surface area contributed by atoms with Gasteiger partial charge in [-0.3, -0.25) is 20.2 Å². The van der Waals surface area contributed by atoms with Gasteiger partial charge in [0.1, 0.15) is 0 Å². The van der Waals surface area contributed by atoms with Gasteiger partial charge < -0.3 is 9.64 Å². The number of hydrogen-bond donors (Lipinski definition) is 0. The zero-order valence-electron chi connectivity index (χ0n) is 14.8. The van der Waals surface area contributed by atoms with Gasteiger partial charge in [0.2, 0.25) is 0 Å². The van der Waals surface area contributed by atoms with Crippen LogP contribution >= 0.6 is 0 Å². The number of non-ortho nitro benzene ring substituents is 2. The molecule has 0 aromatic heterocycles. The lowest BCUT2D eigenvalue weighted by atomic mass is 10.0. The van der Waals surface area contributed by atoms with Crippen molar-refractivity contribution in [2.75, 3.05) is 31.2 Å². The van der Waals surface area contributed by atoms with E-state index < -0.39 is 9.85 Å². The molecule has 0 saturated carbocycles. The highest BCUT2D eigenvalue weighted by Gasteiger charge is 2.18. The van der Waals surface area contributed by atoms with Crippen molar-refractivity contribution in [2.45, 2.75) is 0 Å². The van der Waals surface area contributed by atoms with Gasteiger partial charge in [0.25, 0.3) is 11.4 Å². The first-order valence-electron chi connectivity index (χ1n) is 8.47. The second kappa shape index (κ2) is 8.28. The third-order valence-electron chi connectivity index (χ3n) is 4.36. The topological polar surface area (TPSA) is 123 Å². The number of nitrogens with zero attached hydrogens (tertiary/aromatic N) is 4. The number of ether oxygens (including phenoxy) is 1. The van der Waals surface area contributed by atoms with Crippen molar-refractivity contribution in [3.05, 3.63) is 73.8 Å². The van der Waals surface area contributed by atoms with Crippen LogP contribution in [0.25, 0.3) is 11.6 Å². The molecule has 2 aromatic carbocycles. The van der Waals surface area contributed by atoms with Crippen LogP contribution in [0.15, 0.2) is 42.5 Å². The lowest BCUT2D eigenvalue weighted by Crippen LogP contribution is -2.36. The van der Waals surface area contributed by atoms with Gasteiger partial charge in [-0.05, 0) is 17.7 Å². The summed E-state index contributed by atoms with van der Waals surface area (Å²) in [6.45, 7) is 2.32. The van der Waals surface area contributed by atoms with Crippen molar-refractivity contribution >= 4 is 28.7 Å². The quantitative estimate of drug-likeness (QED) is 0.337. The smallest absolute Gasteiger partial charge is 0.270 e. The average molecular weight is 380 g/mol. The fourth-order valence-electron chi connectivity index (χ4n) is 2.99. The minimum Gasteiger partial charge on any atom is -0.378 e. The van der Waals surface area contributed by atoms with Crippen LogP contribution in [0.1, 0.15) is 11.1 Å². The third kappa shape index (κ3) is 4.13. The molecule has 0 unspecified atom stereocenters. The van der Waals surface area contributed by atoms with Gasteiger partial charge in [0.15, 0.2) is 0 Å². The van der Waals surface area contributed by atoms with Crippen molar-refractivity contribution in [1.29, 1.82) is 5.26 Å². The van der Waals surface area contributed by atoms with Crippen molar-refractivity contribution in [3.8, 4) is 6.07 Å². The molecule has 1 heterocycles. The van der Waals surface area contributed by atoms with E-state index in [0.717, 1.165) is 5.69 Å². The van der Waals surface area contributed by atoms with Crippen LogP contribution < -0.4 is 4.90 Å². The molecule has 9 heteroatoms. The lowest BCUT2D eigenvalue weighted by Gasteiger charge is -2.30. The summed E-state index contributed by atoms with van der Waals surface area (Å²) in [6.07, 6.45) is 1.52. The number of hydrogen-bond acceptors (Lipinski definition) is 7. The minimum absolute atomic E-state index is 0.0976. The molecule has 28 heavy (non-hydrogen) atoms. The first-order valence-corrected chi connectivity index (χ1v) is 8.47. The lowest BCUT2D eigenvalue weighted by molar-refractivity contribution is -0.385. The summed E-state index contributed by atoms with van der Waals surface area (Å²) in [5.41, 5.74) is 1.56. The number of nitriles is 1. The second-order valence-electron chi connectivity index (χ2n) is 6.08. The van der Waals surface area contributed by atoms with Gasteiger partial charge >= 0.3 is 0 Å². The molecule has 3 rings (SSSR count). The SMILES string of the molecule is N#C/C(=C\c1cc([N+](=O)[O-])ccc1N1CCOCC1)c1cccc([N+](=O)[O-])c1. The fourth-order valence-corrected chi connectivity index (χ4v) is 2.99. The van der Waals surface area contributed by atoms with Gasteiger partial charge in [0, 0.05) is 48.6 Å². The predicted octanol–water partition coefficient (Wildman–Crippen LogP) is 3.40. The van der Waals surface area contributed by atoms with E-state index in [1.54, 1.807) is 12.1 Å². The van der Waals surface area contributed by atoms with E-state index in [1.165, 1.54) is 36.4 Å². The van der Waals surface area contributed by atoms with Gasteiger partial charge in [0.05, 0.1) is 34.7 Å². The van der Waals surface area contributed by atoms with Crippen molar-refractivity contribution < 1.29 is 14.6 Å². The van der Waals surface area contributed by atoms with Crippen LogP contribution in [0.4, 0.5) is 17.1 Å². The Bertz CT molecular complexity index is 990. The molecule has 0 atom stereocenters. The zero-order valence-corrected chi connectivity index (χ0v) is 14.8. The number of nitro benzene ring substituents is 2. The molecule has 2 aromatic rings. The number of benzene rings is 2.